The normalized spacial score (nSPS) is 13.7. The number of benzene rings is 2. The number of hydrogen-bond acceptors (Lipinski definition) is 3. The van der Waals surface area contributed by atoms with Crippen molar-refractivity contribution in [1.29, 1.82) is 0 Å². The number of carbonyl (C=O) groups excluding carboxylic acids is 2. The van der Waals surface area contributed by atoms with E-state index in [0.29, 0.717) is 12.2 Å². The van der Waals surface area contributed by atoms with Crippen LogP contribution in [0.1, 0.15) is 24.0 Å². The van der Waals surface area contributed by atoms with E-state index in [1.54, 1.807) is 4.90 Å². The molecule has 6 nitrogen and oxygen atoms in total. The van der Waals surface area contributed by atoms with Crippen LogP contribution in [0.5, 0.6) is 0 Å². The van der Waals surface area contributed by atoms with Crippen LogP contribution in [-0.4, -0.2) is 27.7 Å². The first-order valence-corrected chi connectivity index (χ1v) is 10.8. The van der Waals surface area contributed by atoms with Crippen LogP contribution in [0.25, 0.3) is 16.9 Å². The molecule has 0 radical (unpaired) electrons. The molecule has 1 saturated heterocycles. The molecule has 2 aromatic carbocycles. The Morgan fingerprint density at radius 3 is 2.53 bits per heavy atom. The van der Waals surface area contributed by atoms with E-state index in [9.17, 15) is 9.59 Å². The lowest BCUT2D eigenvalue weighted by Gasteiger charge is -2.16. The molecule has 2 aromatic heterocycles. The van der Waals surface area contributed by atoms with E-state index in [2.05, 4.69) is 5.32 Å². The first-order valence-electron chi connectivity index (χ1n) is 10.8. The second-order valence-electron chi connectivity index (χ2n) is 8.10. The molecule has 0 unspecified atom stereocenters. The molecule has 2 amide bonds. The van der Waals surface area contributed by atoms with Gasteiger partial charge in [-0.25, -0.2) is 4.98 Å². The monoisotopic (exact) mass is 424 g/mol. The van der Waals surface area contributed by atoms with Crippen LogP contribution in [0.2, 0.25) is 0 Å². The van der Waals surface area contributed by atoms with Gasteiger partial charge in [0, 0.05) is 30.4 Å². The minimum absolute atomic E-state index is 0.115. The van der Waals surface area contributed by atoms with Gasteiger partial charge >= 0.3 is 0 Å². The number of pyridine rings is 1. The number of amides is 2. The van der Waals surface area contributed by atoms with Gasteiger partial charge in [-0.15, -0.1) is 0 Å². The molecule has 1 N–H and O–H groups in total. The van der Waals surface area contributed by atoms with E-state index >= 15 is 0 Å². The van der Waals surface area contributed by atoms with Crippen LogP contribution in [0.3, 0.4) is 0 Å². The summed E-state index contributed by atoms with van der Waals surface area (Å²) in [5.74, 6) is 0.710. The molecule has 1 aliphatic heterocycles. The van der Waals surface area contributed by atoms with Crippen molar-refractivity contribution in [2.45, 2.75) is 26.2 Å². The number of carbonyl (C=O) groups is 2. The van der Waals surface area contributed by atoms with E-state index in [4.69, 9.17) is 4.98 Å². The van der Waals surface area contributed by atoms with Gasteiger partial charge in [-0.3, -0.25) is 14.0 Å². The number of nitrogens with one attached hydrogen (secondary N) is 1. The van der Waals surface area contributed by atoms with Gasteiger partial charge in [0.05, 0.1) is 6.42 Å². The van der Waals surface area contributed by atoms with Gasteiger partial charge in [-0.1, -0.05) is 48.5 Å². The summed E-state index contributed by atoms with van der Waals surface area (Å²) in [5, 5.41) is 3.08. The van der Waals surface area contributed by atoms with Gasteiger partial charge < -0.3 is 10.2 Å². The molecule has 160 valence electrons. The first kappa shape index (κ1) is 20.0. The Morgan fingerprint density at radius 2 is 1.81 bits per heavy atom. The summed E-state index contributed by atoms with van der Waals surface area (Å²) in [6, 6.07) is 21.5. The van der Waals surface area contributed by atoms with Gasteiger partial charge in [-0.05, 0) is 42.7 Å². The van der Waals surface area contributed by atoms with Crippen molar-refractivity contribution in [1.82, 2.24) is 9.38 Å². The number of aromatic nitrogens is 2. The number of anilines is 2. The Labute approximate surface area is 186 Å². The van der Waals surface area contributed by atoms with Gasteiger partial charge in [0.25, 0.3) is 0 Å². The maximum absolute atomic E-state index is 13.0. The van der Waals surface area contributed by atoms with Crippen LogP contribution in [0.15, 0.2) is 72.9 Å². The number of hydrogen-bond donors (Lipinski definition) is 1. The summed E-state index contributed by atoms with van der Waals surface area (Å²) < 4.78 is 1.93. The fraction of sp³-hybridized carbons (Fsp3) is 0.192. The zero-order valence-corrected chi connectivity index (χ0v) is 17.9. The molecular formula is C26H24N4O2. The van der Waals surface area contributed by atoms with Crippen LogP contribution >= 0.6 is 0 Å². The Balaban J connectivity index is 1.40. The van der Waals surface area contributed by atoms with Gasteiger partial charge in [0.1, 0.15) is 17.2 Å². The second kappa shape index (κ2) is 8.30. The number of rotatable bonds is 5. The Morgan fingerprint density at radius 1 is 1.03 bits per heavy atom. The number of fused-ring (bicyclic) bond motifs is 1. The van der Waals surface area contributed by atoms with Crippen LogP contribution < -0.4 is 10.2 Å². The van der Waals surface area contributed by atoms with Crippen LogP contribution in [0.4, 0.5) is 11.5 Å². The number of imidazole rings is 1. The van der Waals surface area contributed by atoms with Crippen molar-refractivity contribution in [2.24, 2.45) is 0 Å². The molecule has 32 heavy (non-hydrogen) atoms. The quantitative estimate of drug-likeness (QED) is 0.508. The highest BCUT2D eigenvalue weighted by Gasteiger charge is 2.22. The molecule has 0 spiro atoms. The maximum Gasteiger partial charge on any atom is 0.229 e. The molecule has 5 rings (SSSR count). The summed E-state index contributed by atoms with van der Waals surface area (Å²) in [5.41, 5.74) is 5.34. The highest BCUT2D eigenvalue weighted by molar-refractivity contribution is 5.97. The van der Waals surface area contributed by atoms with Crippen LogP contribution in [-0.2, 0) is 16.0 Å². The smallest absolute Gasteiger partial charge is 0.229 e. The summed E-state index contributed by atoms with van der Waals surface area (Å²) in [7, 11) is 0. The molecule has 0 atom stereocenters. The summed E-state index contributed by atoms with van der Waals surface area (Å²) in [6.45, 7) is 2.77. The second-order valence-corrected chi connectivity index (χ2v) is 8.10. The predicted octanol–water partition coefficient (Wildman–Crippen LogP) is 4.62. The topological polar surface area (TPSA) is 66.7 Å². The fourth-order valence-electron chi connectivity index (χ4n) is 4.20. The van der Waals surface area contributed by atoms with Crippen molar-refractivity contribution in [3.63, 3.8) is 0 Å². The van der Waals surface area contributed by atoms with Crippen molar-refractivity contribution < 1.29 is 9.59 Å². The third-order valence-corrected chi connectivity index (χ3v) is 5.84. The molecule has 3 heterocycles. The summed E-state index contributed by atoms with van der Waals surface area (Å²) in [6.07, 6.45) is 3.65. The van der Waals surface area contributed by atoms with Crippen LogP contribution in [0, 0.1) is 6.92 Å². The molecule has 0 bridgehead atoms. The third kappa shape index (κ3) is 3.75. The number of aryl methyl sites for hydroxylation is 1. The highest BCUT2D eigenvalue weighted by Crippen LogP contribution is 2.30. The van der Waals surface area contributed by atoms with Crippen molar-refractivity contribution in [3.05, 3.63) is 84.1 Å². The van der Waals surface area contributed by atoms with Crippen molar-refractivity contribution >= 4 is 29.0 Å². The third-order valence-electron chi connectivity index (χ3n) is 5.84. The largest absolute Gasteiger partial charge is 0.312 e. The molecule has 0 aliphatic carbocycles. The molecule has 1 fully saturated rings. The first-order chi connectivity index (χ1) is 15.6. The lowest BCUT2D eigenvalue weighted by molar-refractivity contribution is -0.117. The standard InChI is InChI=1S/C26H24N4O2/c1-18-7-5-16-30-25(18)28-24(20-8-3-2-4-9-20)26(30)27-22(31)17-19-11-13-21(14-12-19)29-15-6-10-23(29)32/h2-5,7-9,11-14,16H,6,10,15,17H2,1H3,(H,27,31). The zero-order chi connectivity index (χ0) is 22.1. The molecule has 0 saturated carbocycles. The van der Waals surface area contributed by atoms with Gasteiger partial charge in [0.2, 0.25) is 11.8 Å². The Bertz CT molecular complexity index is 1290. The van der Waals surface area contributed by atoms with Gasteiger partial charge in [0.15, 0.2) is 0 Å². The van der Waals surface area contributed by atoms with E-state index in [-0.39, 0.29) is 18.2 Å². The molecule has 4 aromatic rings. The van der Waals surface area contributed by atoms with E-state index < -0.39 is 0 Å². The SMILES string of the molecule is Cc1cccn2c(NC(=O)Cc3ccc(N4CCCC4=O)cc3)c(-c3ccccc3)nc12. The average molecular weight is 425 g/mol. The van der Waals surface area contributed by atoms with Crippen molar-refractivity contribution in [3.8, 4) is 11.3 Å². The lowest BCUT2D eigenvalue weighted by Crippen LogP contribution is -2.23. The van der Waals surface area contributed by atoms with E-state index in [1.807, 2.05) is 84.3 Å². The van der Waals surface area contributed by atoms with Crippen molar-refractivity contribution in [2.75, 3.05) is 16.8 Å². The van der Waals surface area contributed by atoms with E-state index in [0.717, 1.165) is 46.7 Å². The summed E-state index contributed by atoms with van der Waals surface area (Å²) in [4.78, 5) is 31.5. The van der Waals surface area contributed by atoms with E-state index in [1.165, 1.54) is 0 Å². The maximum atomic E-state index is 13.0. The Kier molecular flexibility index (Phi) is 5.19. The molecule has 1 aliphatic rings. The molecule has 6 heteroatoms. The number of nitrogens with zero attached hydrogens (tertiary/aromatic N) is 3. The minimum atomic E-state index is -0.115. The average Bonchev–Trinajstić information content (AvgIpc) is 3.40. The fourth-order valence-corrected chi connectivity index (χ4v) is 4.20. The lowest BCUT2D eigenvalue weighted by atomic mass is 10.1. The zero-order valence-electron chi connectivity index (χ0n) is 17.9. The minimum Gasteiger partial charge on any atom is -0.312 e. The van der Waals surface area contributed by atoms with Gasteiger partial charge in [-0.2, -0.15) is 0 Å². The Hall–Kier alpha value is -3.93. The highest BCUT2D eigenvalue weighted by atomic mass is 16.2. The summed E-state index contributed by atoms with van der Waals surface area (Å²) >= 11 is 0. The molecular weight excluding hydrogens is 400 g/mol. The predicted molar refractivity (Wildman–Crippen MR) is 126 cm³/mol.